The van der Waals surface area contributed by atoms with Crippen molar-refractivity contribution >= 4 is 102 Å². The van der Waals surface area contributed by atoms with Crippen LogP contribution < -0.4 is 4.90 Å². The highest BCUT2D eigenvalue weighted by Crippen LogP contribution is 2.48. The predicted octanol–water partition coefficient (Wildman–Crippen LogP) is 15.5. The number of hydrogen-bond acceptors (Lipinski definition) is 3. The van der Waals surface area contributed by atoms with E-state index < -0.39 is 0 Å². The summed E-state index contributed by atoms with van der Waals surface area (Å²) in [5, 5.41) is 10.2. The molecular weight excluding hydrogens is 679 g/mol. The fourth-order valence-electron chi connectivity index (χ4n) is 8.13. The molecule has 9 aromatic carbocycles. The minimum Gasteiger partial charge on any atom is -0.310 e. The van der Waals surface area contributed by atoms with Crippen LogP contribution in [-0.2, 0) is 0 Å². The van der Waals surface area contributed by atoms with Gasteiger partial charge in [-0.05, 0) is 81.2 Å². The van der Waals surface area contributed by atoms with Gasteiger partial charge in [0.05, 0.1) is 0 Å². The maximum atomic E-state index is 2.44. The van der Waals surface area contributed by atoms with E-state index >= 15 is 0 Å². The lowest BCUT2D eigenvalue weighted by molar-refractivity contribution is 1.29. The zero-order chi connectivity index (χ0) is 34.9. The molecule has 2 heterocycles. The third kappa shape index (κ3) is 4.97. The summed E-state index contributed by atoms with van der Waals surface area (Å²) >= 11 is 3.79. The van der Waals surface area contributed by atoms with Gasteiger partial charge in [-0.25, -0.2) is 0 Å². The van der Waals surface area contributed by atoms with Crippen LogP contribution in [0.4, 0.5) is 17.1 Å². The number of benzene rings is 9. The van der Waals surface area contributed by atoms with Crippen molar-refractivity contribution in [2.75, 3.05) is 4.90 Å². The fraction of sp³-hybridized carbons (Fsp3) is 0. The molecule has 0 aliphatic carbocycles. The number of anilines is 3. The Morgan fingerprint density at radius 2 is 0.717 bits per heavy atom. The average molecular weight is 710 g/mol. The highest BCUT2D eigenvalue weighted by Gasteiger charge is 2.21. The third-order valence-electron chi connectivity index (χ3n) is 10.6. The Morgan fingerprint density at radius 1 is 0.283 bits per heavy atom. The van der Waals surface area contributed by atoms with Gasteiger partial charge in [-0.2, -0.15) is 0 Å². The lowest BCUT2D eigenvalue weighted by Gasteiger charge is -2.27. The SMILES string of the molecule is c1ccc2cc(N(c3ccc(-c4cccc5c4sc4ccccc45)c(-c4cccc5c4sc4ccccc45)c3)c3ccc4ccccc4c3)ccc2c1. The van der Waals surface area contributed by atoms with Crippen molar-refractivity contribution in [2.45, 2.75) is 0 Å². The molecule has 0 saturated carbocycles. The molecule has 0 bridgehead atoms. The van der Waals surface area contributed by atoms with E-state index in [1.165, 1.54) is 84.1 Å². The molecule has 11 aromatic rings. The van der Waals surface area contributed by atoms with Crippen LogP contribution in [0.1, 0.15) is 0 Å². The van der Waals surface area contributed by atoms with E-state index in [1.807, 2.05) is 22.7 Å². The molecule has 0 unspecified atom stereocenters. The quantitative estimate of drug-likeness (QED) is 0.172. The maximum Gasteiger partial charge on any atom is 0.0468 e. The molecule has 53 heavy (non-hydrogen) atoms. The first-order valence-electron chi connectivity index (χ1n) is 18.0. The van der Waals surface area contributed by atoms with Crippen molar-refractivity contribution in [2.24, 2.45) is 0 Å². The molecule has 0 spiro atoms. The monoisotopic (exact) mass is 709 g/mol. The van der Waals surface area contributed by atoms with Crippen molar-refractivity contribution in [3.63, 3.8) is 0 Å². The fourth-order valence-corrected chi connectivity index (χ4v) is 10.6. The third-order valence-corrected chi connectivity index (χ3v) is 13.1. The summed E-state index contributed by atoms with van der Waals surface area (Å²) < 4.78 is 5.28. The molecule has 3 heteroatoms. The van der Waals surface area contributed by atoms with E-state index in [-0.39, 0.29) is 0 Å². The Balaban J connectivity index is 1.21. The standard InChI is InChI=1S/C50H31NS2/c1-3-13-34-29-36(25-23-32(34)11-1)51(37-26-24-33-12-2-4-14-35(33)30-37)38-27-28-39(42-17-9-18-43-40-15-5-7-21-47(40)52-49(42)43)46(31-38)45-20-10-19-44-41-16-6-8-22-48(41)53-50(44)45/h1-31H. The van der Waals surface area contributed by atoms with Gasteiger partial charge in [-0.15, -0.1) is 22.7 Å². The summed E-state index contributed by atoms with van der Waals surface area (Å²) in [4.78, 5) is 2.43. The van der Waals surface area contributed by atoms with Crippen LogP contribution in [0.5, 0.6) is 0 Å². The molecule has 0 aliphatic rings. The Morgan fingerprint density at radius 3 is 1.28 bits per heavy atom. The lowest BCUT2D eigenvalue weighted by Crippen LogP contribution is -2.10. The lowest BCUT2D eigenvalue weighted by atomic mass is 9.92. The van der Waals surface area contributed by atoms with Crippen LogP contribution in [0.3, 0.4) is 0 Å². The summed E-state index contributed by atoms with van der Waals surface area (Å²) in [5.74, 6) is 0. The van der Waals surface area contributed by atoms with Gasteiger partial charge in [0, 0.05) is 68.5 Å². The number of fused-ring (bicyclic) bond motifs is 8. The Kier molecular flexibility index (Phi) is 6.97. The molecule has 2 aromatic heterocycles. The number of rotatable bonds is 5. The van der Waals surface area contributed by atoms with Crippen LogP contribution >= 0.6 is 22.7 Å². The van der Waals surface area contributed by atoms with Crippen molar-refractivity contribution in [3.05, 3.63) is 188 Å². The van der Waals surface area contributed by atoms with Crippen molar-refractivity contribution in [3.8, 4) is 22.3 Å². The van der Waals surface area contributed by atoms with E-state index in [0.717, 1.165) is 17.1 Å². The van der Waals surface area contributed by atoms with Gasteiger partial charge in [-0.3, -0.25) is 0 Å². The van der Waals surface area contributed by atoms with Crippen molar-refractivity contribution < 1.29 is 0 Å². The smallest absolute Gasteiger partial charge is 0.0468 e. The second-order valence-electron chi connectivity index (χ2n) is 13.7. The van der Waals surface area contributed by atoms with Gasteiger partial charge in [-0.1, -0.05) is 140 Å². The summed E-state index contributed by atoms with van der Waals surface area (Å²) in [5.41, 5.74) is 8.38. The zero-order valence-corrected chi connectivity index (χ0v) is 30.3. The molecule has 248 valence electrons. The molecule has 0 saturated heterocycles. The van der Waals surface area contributed by atoms with Gasteiger partial charge < -0.3 is 4.90 Å². The Hall–Kier alpha value is -6.26. The Bertz CT molecular complexity index is 3120. The van der Waals surface area contributed by atoms with Crippen molar-refractivity contribution in [1.82, 2.24) is 0 Å². The largest absolute Gasteiger partial charge is 0.310 e. The number of nitrogens with zero attached hydrogens (tertiary/aromatic N) is 1. The first-order chi connectivity index (χ1) is 26.3. The maximum absolute atomic E-state index is 2.44. The molecule has 0 fully saturated rings. The van der Waals surface area contributed by atoms with Gasteiger partial charge >= 0.3 is 0 Å². The highest BCUT2D eigenvalue weighted by molar-refractivity contribution is 7.26. The van der Waals surface area contributed by atoms with E-state index in [1.54, 1.807) is 0 Å². The molecule has 1 nitrogen and oxygen atoms in total. The van der Waals surface area contributed by atoms with Crippen molar-refractivity contribution in [1.29, 1.82) is 0 Å². The summed E-state index contributed by atoms with van der Waals surface area (Å²) in [6.45, 7) is 0. The predicted molar refractivity (Wildman–Crippen MR) is 233 cm³/mol. The second kappa shape index (κ2) is 12.2. The molecular formula is C50H31NS2. The molecule has 0 atom stereocenters. The minimum absolute atomic E-state index is 1.12. The molecule has 11 rings (SSSR count). The molecule has 0 radical (unpaired) electrons. The summed E-state index contributed by atoms with van der Waals surface area (Å²) in [7, 11) is 0. The van der Waals surface area contributed by atoms with E-state index in [0.29, 0.717) is 0 Å². The zero-order valence-electron chi connectivity index (χ0n) is 28.7. The highest BCUT2D eigenvalue weighted by atomic mass is 32.1. The van der Waals surface area contributed by atoms with Crippen LogP contribution in [0, 0.1) is 0 Å². The average Bonchev–Trinajstić information content (AvgIpc) is 3.80. The van der Waals surface area contributed by atoms with E-state index in [9.17, 15) is 0 Å². The van der Waals surface area contributed by atoms with Gasteiger partial charge in [0.25, 0.3) is 0 Å². The molecule has 0 amide bonds. The van der Waals surface area contributed by atoms with Crippen LogP contribution in [0.15, 0.2) is 188 Å². The van der Waals surface area contributed by atoms with Crippen LogP contribution in [0.2, 0.25) is 0 Å². The van der Waals surface area contributed by atoms with Gasteiger partial charge in [0.2, 0.25) is 0 Å². The second-order valence-corrected chi connectivity index (χ2v) is 15.8. The number of thiophene rings is 2. The Labute approximate surface area is 315 Å². The molecule has 0 N–H and O–H groups in total. The van der Waals surface area contributed by atoms with E-state index in [2.05, 4.69) is 193 Å². The number of hydrogen-bond donors (Lipinski definition) is 0. The van der Waals surface area contributed by atoms with Crippen LogP contribution in [-0.4, -0.2) is 0 Å². The first-order valence-corrected chi connectivity index (χ1v) is 19.6. The minimum atomic E-state index is 1.12. The van der Waals surface area contributed by atoms with Crippen LogP contribution in [0.25, 0.3) is 84.1 Å². The molecule has 0 aliphatic heterocycles. The van der Waals surface area contributed by atoms with E-state index in [4.69, 9.17) is 0 Å². The van der Waals surface area contributed by atoms with Gasteiger partial charge in [0.1, 0.15) is 0 Å². The van der Waals surface area contributed by atoms with Gasteiger partial charge in [0.15, 0.2) is 0 Å². The first kappa shape index (κ1) is 30.4. The summed E-state index contributed by atoms with van der Waals surface area (Å²) in [6, 6.07) is 69.3. The topological polar surface area (TPSA) is 3.24 Å². The normalized spacial score (nSPS) is 11.8. The summed E-state index contributed by atoms with van der Waals surface area (Å²) in [6.07, 6.45) is 0.